The Morgan fingerprint density at radius 2 is 1.94 bits per heavy atom. The molecule has 0 bridgehead atoms. The van der Waals surface area contributed by atoms with E-state index >= 15 is 0 Å². The van der Waals surface area contributed by atoms with E-state index in [1.807, 2.05) is 29.3 Å². The van der Waals surface area contributed by atoms with E-state index < -0.39 is 0 Å². The molecule has 0 spiro atoms. The van der Waals surface area contributed by atoms with Gasteiger partial charge in [0.2, 0.25) is 0 Å². The van der Waals surface area contributed by atoms with E-state index in [4.69, 9.17) is 14.6 Å². The predicted octanol–water partition coefficient (Wildman–Crippen LogP) is 5.10. The summed E-state index contributed by atoms with van der Waals surface area (Å²) < 4.78 is 13.2. The largest absolute Gasteiger partial charge is 0.496 e. The van der Waals surface area contributed by atoms with Crippen molar-refractivity contribution in [2.24, 2.45) is 7.05 Å². The van der Waals surface area contributed by atoms with E-state index in [0.717, 1.165) is 72.9 Å². The molecule has 0 amide bonds. The van der Waals surface area contributed by atoms with Crippen molar-refractivity contribution in [3.63, 3.8) is 0 Å². The molecule has 3 aromatic heterocycles. The first-order valence-electron chi connectivity index (χ1n) is 12.3. The fraction of sp³-hybridized carbons (Fsp3) is 0.286. The van der Waals surface area contributed by atoms with Crippen LogP contribution in [-0.4, -0.2) is 58.3 Å². The highest BCUT2D eigenvalue weighted by Crippen LogP contribution is 2.47. The minimum atomic E-state index is 0.802. The van der Waals surface area contributed by atoms with Crippen LogP contribution in [0.3, 0.4) is 0 Å². The maximum atomic E-state index is 5.79. The van der Waals surface area contributed by atoms with Crippen molar-refractivity contribution < 1.29 is 9.47 Å². The Balaban J connectivity index is 1.18. The lowest BCUT2D eigenvalue weighted by Crippen LogP contribution is -2.35. The fourth-order valence-electron chi connectivity index (χ4n) is 5.39. The van der Waals surface area contributed by atoms with Crippen LogP contribution < -0.4 is 4.74 Å². The van der Waals surface area contributed by atoms with E-state index in [1.54, 1.807) is 7.11 Å². The Morgan fingerprint density at radius 1 is 1.08 bits per heavy atom. The minimum absolute atomic E-state index is 0.802. The predicted molar refractivity (Wildman–Crippen MR) is 142 cm³/mol. The average molecular weight is 498 g/mol. The molecule has 8 heteroatoms. The number of ether oxygens (including phenoxy) is 2. The van der Waals surface area contributed by atoms with Gasteiger partial charge in [0, 0.05) is 70.5 Å². The molecule has 1 N–H and O–H groups in total. The highest BCUT2D eigenvalue weighted by molar-refractivity contribution is 7.16. The number of thiophene rings is 1. The summed E-state index contributed by atoms with van der Waals surface area (Å²) in [5.74, 6) is 0.947. The number of benzene rings is 2. The van der Waals surface area contributed by atoms with Crippen LogP contribution in [0.5, 0.6) is 5.75 Å². The topological polar surface area (TPSA) is 68.2 Å². The second-order valence-corrected chi connectivity index (χ2v) is 10.6. The Kier molecular flexibility index (Phi) is 5.20. The third-order valence-electron chi connectivity index (χ3n) is 7.37. The second-order valence-electron chi connectivity index (χ2n) is 9.51. The summed E-state index contributed by atoms with van der Waals surface area (Å²) in [6.07, 6.45) is 2.80. The first kappa shape index (κ1) is 21.8. The van der Waals surface area contributed by atoms with Gasteiger partial charge in [-0.3, -0.25) is 14.7 Å². The first-order chi connectivity index (χ1) is 17.7. The molecule has 1 aliphatic heterocycles. The van der Waals surface area contributed by atoms with Gasteiger partial charge in [-0.2, -0.15) is 10.2 Å². The van der Waals surface area contributed by atoms with Crippen LogP contribution in [0.4, 0.5) is 0 Å². The van der Waals surface area contributed by atoms with Crippen LogP contribution in [0.1, 0.15) is 16.0 Å². The lowest BCUT2D eigenvalue weighted by molar-refractivity contribution is 0.0339. The molecule has 0 saturated carbocycles. The Hall–Kier alpha value is -3.46. The molecule has 36 heavy (non-hydrogen) atoms. The summed E-state index contributed by atoms with van der Waals surface area (Å²) >= 11 is 1.86. The van der Waals surface area contributed by atoms with Crippen molar-refractivity contribution in [1.29, 1.82) is 0 Å². The highest BCUT2D eigenvalue weighted by Gasteiger charge is 2.28. The normalized spacial score (nSPS) is 15.4. The zero-order valence-electron chi connectivity index (χ0n) is 20.4. The van der Waals surface area contributed by atoms with Crippen molar-refractivity contribution in [2.45, 2.75) is 13.0 Å². The average Bonchev–Trinajstić information content (AvgIpc) is 3.66. The Morgan fingerprint density at radius 3 is 2.81 bits per heavy atom. The van der Waals surface area contributed by atoms with E-state index in [0.29, 0.717) is 0 Å². The van der Waals surface area contributed by atoms with Gasteiger partial charge in [-0.15, -0.1) is 11.3 Å². The first-order valence-corrected chi connectivity index (χ1v) is 13.1. The highest BCUT2D eigenvalue weighted by atomic mass is 32.1. The van der Waals surface area contributed by atoms with Gasteiger partial charge >= 0.3 is 0 Å². The van der Waals surface area contributed by atoms with Crippen LogP contribution in [0, 0.1) is 0 Å². The zero-order chi connectivity index (χ0) is 24.2. The summed E-state index contributed by atoms with van der Waals surface area (Å²) in [4.78, 5) is 5.06. The Bertz CT molecular complexity index is 1590. The SMILES string of the molecule is COc1cc(-c2cc3c(s2)Cc2c(-c4ccc5cnn(C)c5c4)n[nH]c2-3)ccc1CN1CCOCC1. The molecule has 2 aliphatic rings. The minimum Gasteiger partial charge on any atom is -0.496 e. The molecule has 0 radical (unpaired) electrons. The van der Waals surface area contributed by atoms with E-state index in [1.165, 1.54) is 32.0 Å². The van der Waals surface area contributed by atoms with E-state index in [2.05, 4.69) is 57.6 Å². The molecule has 0 unspecified atom stereocenters. The molecule has 2 aromatic carbocycles. The lowest BCUT2D eigenvalue weighted by Gasteiger charge is -2.27. The smallest absolute Gasteiger partial charge is 0.124 e. The van der Waals surface area contributed by atoms with Crippen LogP contribution in [0.15, 0.2) is 48.7 Å². The summed E-state index contributed by atoms with van der Waals surface area (Å²) in [7, 11) is 3.74. The second kappa shape index (κ2) is 8.58. The summed E-state index contributed by atoms with van der Waals surface area (Å²) in [5.41, 5.74) is 9.38. The molecule has 7 nitrogen and oxygen atoms in total. The van der Waals surface area contributed by atoms with Gasteiger partial charge < -0.3 is 9.47 Å². The number of hydrogen-bond acceptors (Lipinski definition) is 6. The summed E-state index contributed by atoms with van der Waals surface area (Å²) in [5, 5.41) is 13.6. The number of aryl methyl sites for hydroxylation is 1. The molecule has 1 aliphatic carbocycles. The van der Waals surface area contributed by atoms with Gasteiger partial charge in [-0.05, 0) is 23.8 Å². The number of hydrogen-bond donors (Lipinski definition) is 1. The maximum absolute atomic E-state index is 5.79. The van der Waals surface area contributed by atoms with Gasteiger partial charge in [0.05, 0.1) is 43.4 Å². The lowest BCUT2D eigenvalue weighted by atomic mass is 10.0. The summed E-state index contributed by atoms with van der Waals surface area (Å²) in [6, 6.07) is 15.4. The van der Waals surface area contributed by atoms with Crippen molar-refractivity contribution >= 4 is 22.2 Å². The molecule has 4 heterocycles. The quantitative estimate of drug-likeness (QED) is 0.359. The number of aromatic amines is 1. The zero-order valence-corrected chi connectivity index (χ0v) is 21.2. The molecule has 1 fully saturated rings. The molecule has 0 atom stereocenters. The molecular formula is C28H27N5O2S. The van der Waals surface area contributed by atoms with Crippen LogP contribution in [0.2, 0.25) is 0 Å². The maximum Gasteiger partial charge on any atom is 0.124 e. The van der Waals surface area contributed by atoms with Gasteiger partial charge in [-0.1, -0.05) is 24.3 Å². The number of fused-ring (bicyclic) bond motifs is 4. The monoisotopic (exact) mass is 497 g/mol. The van der Waals surface area contributed by atoms with Gasteiger partial charge in [-0.25, -0.2) is 0 Å². The third kappa shape index (κ3) is 3.56. The Labute approximate surface area is 213 Å². The standard InChI is InChI=1S/C28H27N5O2S/c1-32-23-11-18(4-5-19(23)15-29-32)27-22-14-26-21(28(22)31-30-27)13-25(36-26)17-3-6-20(24(12-17)34-2)16-33-7-9-35-10-8-33/h3-6,11-13,15H,7-10,14,16H2,1-2H3,(H,30,31). The molecule has 7 rings (SSSR count). The summed E-state index contributed by atoms with van der Waals surface area (Å²) in [6.45, 7) is 4.42. The van der Waals surface area contributed by atoms with E-state index in [-0.39, 0.29) is 0 Å². The molecule has 182 valence electrons. The van der Waals surface area contributed by atoms with Crippen molar-refractivity contribution in [1.82, 2.24) is 24.9 Å². The van der Waals surface area contributed by atoms with Gasteiger partial charge in [0.25, 0.3) is 0 Å². The molecule has 5 aromatic rings. The van der Waals surface area contributed by atoms with E-state index in [9.17, 15) is 0 Å². The van der Waals surface area contributed by atoms with Crippen molar-refractivity contribution in [3.8, 4) is 38.7 Å². The van der Waals surface area contributed by atoms with Gasteiger partial charge in [0.15, 0.2) is 0 Å². The number of aromatic nitrogens is 4. The van der Waals surface area contributed by atoms with Gasteiger partial charge in [0.1, 0.15) is 5.75 Å². The fourth-order valence-corrected chi connectivity index (χ4v) is 6.57. The number of H-pyrrole nitrogens is 1. The van der Waals surface area contributed by atoms with Crippen molar-refractivity contribution in [3.05, 3.63) is 64.7 Å². The molecule has 1 saturated heterocycles. The van der Waals surface area contributed by atoms with Crippen LogP contribution in [0.25, 0.3) is 43.9 Å². The van der Waals surface area contributed by atoms with Crippen LogP contribution >= 0.6 is 11.3 Å². The number of rotatable bonds is 5. The third-order valence-corrected chi connectivity index (χ3v) is 8.56. The molecular weight excluding hydrogens is 470 g/mol. The number of nitrogens with one attached hydrogen (secondary N) is 1. The number of morpholine rings is 1. The number of nitrogens with zero attached hydrogens (tertiary/aromatic N) is 4. The number of methoxy groups -OCH3 is 1. The van der Waals surface area contributed by atoms with Crippen molar-refractivity contribution in [2.75, 3.05) is 33.4 Å². The van der Waals surface area contributed by atoms with Crippen LogP contribution in [-0.2, 0) is 24.8 Å².